The van der Waals surface area contributed by atoms with E-state index in [1.165, 1.54) is 36.0 Å². The molecule has 0 saturated carbocycles. The third kappa shape index (κ3) is 4.25. The van der Waals surface area contributed by atoms with Crippen molar-refractivity contribution >= 4 is 34.6 Å². The van der Waals surface area contributed by atoms with E-state index < -0.39 is 0 Å². The van der Waals surface area contributed by atoms with Crippen molar-refractivity contribution in [3.05, 3.63) is 64.8 Å². The normalized spacial score (nSPS) is 16.7. The predicted octanol–water partition coefficient (Wildman–Crippen LogP) is 3.62. The van der Waals surface area contributed by atoms with Gasteiger partial charge in [-0.1, -0.05) is 18.2 Å². The molecule has 124 valence electrons. The van der Waals surface area contributed by atoms with Crippen LogP contribution in [0.3, 0.4) is 0 Å². The van der Waals surface area contributed by atoms with Gasteiger partial charge in [-0.3, -0.25) is 4.79 Å². The number of aliphatic imine (C=N–C) groups is 1. The van der Waals surface area contributed by atoms with Crippen LogP contribution in [-0.4, -0.2) is 17.7 Å². The summed E-state index contributed by atoms with van der Waals surface area (Å²) in [6.07, 6.45) is 1.68. The Morgan fingerprint density at radius 3 is 2.76 bits per heavy atom. The number of hydrogen-bond acceptors (Lipinski definition) is 5. The van der Waals surface area contributed by atoms with Crippen LogP contribution < -0.4 is 10.1 Å². The van der Waals surface area contributed by atoms with Crippen molar-refractivity contribution in [1.29, 1.82) is 5.26 Å². The molecule has 0 aliphatic carbocycles. The van der Waals surface area contributed by atoms with Crippen molar-refractivity contribution in [3.63, 3.8) is 0 Å². The fourth-order valence-corrected chi connectivity index (χ4v) is 2.93. The number of amidine groups is 1. The van der Waals surface area contributed by atoms with Crippen LogP contribution in [0.15, 0.2) is 58.4 Å². The Morgan fingerprint density at radius 2 is 2.00 bits per heavy atom. The Bertz CT molecular complexity index is 901. The molecule has 0 aromatic heterocycles. The number of nitrogens with zero attached hydrogens (tertiary/aromatic N) is 2. The molecule has 1 N–H and O–H groups in total. The predicted molar refractivity (Wildman–Crippen MR) is 94.8 cm³/mol. The second kappa shape index (κ2) is 7.64. The first-order chi connectivity index (χ1) is 12.2. The average Bonchev–Trinajstić information content (AvgIpc) is 2.95. The number of carbonyl (C=O) groups is 1. The van der Waals surface area contributed by atoms with Gasteiger partial charge in [-0.15, -0.1) is 0 Å². The second-order valence-corrected chi connectivity index (χ2v) is 5.97. The maximum absolute atomic E-state index is 12.9. The van der Waals surface area contributed by atoms with E-state index >= 15 is 0 Å². The molecule has 5 nitrogen and oxygen atoms in total. The monoisotopic (exact) mass is 353 g/mol. The second-order valence-electron chi connectivity index (χ2n) is 4.94. The minimum Gasteiger partial charge on any atom is -0.478 e. The van der Waals surface area contributed by atoms with Gasteiger partial charge in [0.1, 0.15) is 17.6 Å². The number of carbonyl (C=O) groups excluding carboxylic acids is 1. The van der Waals surface area contributed by atoms with Gasteiger partial charge in [-0.05, 0) is 48.2 Å². The molecule has 1 saturated heterocycles. The quantitative estimate of drug-likeness (QED) is 0.852. The fraction of sp³-hybridized carbons (Fsp3) is 0.0556. The highest BCUT2D eigenvalue weighted by molar-refractivity contribution is 8.18. The Hall–Kier alpha value is -3.11. The fourth-order valence-electron chi connectivity index (χ4n) is 2.10. The van der Waals surface area contributed by atoms with E-state index in [0.717, 1.165) is 0 Å². The van der Waals surface area contributed by atoms with E-state index in [0.29, 0.717) is 27.1 Å². The lowest BCUT2D eigenvalue weighted by Crippen LogP contribution is -2.19. The van der Waals surface area contributed by atoms with E-state index in [2.05, 4.69) is 10.3 Å². The highest BCUT2D eigenvalue weighted by atomic mass is 32.2. The van der Waals surface area contributed by atoms with Crippen molar-refractivity contribution in [1.82, 2.24) is 5.32 Å². The van der Waals surface area contributed by atoms with Gasteiger partial charge in [0.05, 0.1) is 10.6 Å². The molecule has 0 unspecified atom stereocenters. The van der Waals surface area contributed by atoms with Crippen LogP contribution in [0.4, 0.5) is 10.1 Å². The summed E-state index contributed by atoms with van der Waals surface area (Å²) in [6, 6.07) is 14.7. The summed E-state index contributed by atoms with van der Waals surface area (Å²) < 4.78 is 18.3. The van der Waals surface area contributed by atoms with E-state index in [-0.39, 0.29) is 18.3 Å². The largest absolute Gasteiger partial charge is 0.478 e. The van der Waals surface area contributed by atoms with Crippen LogP contribution >= 0.6 is 11.8 Å². The standard InChI is InChI=1S/C18H12FN3O2S/c19-13-5-7-14(8-6-13)21-18-22-17(23)16(25-18)11-12-3-1-2-4-15(12)24-10-9-20/h1-8,11H,10H2,(H,21,22,23)/b16-11+. The molecule has 25 heavy (non-hydrogen) atoms. The smallest absolute Gasteiger partial charge is 0.264 e. The van der Waals surface area contributed by atoms with Crippen LogP contribution in [0.1, 0.15) is 5.56 Å². The van der Waals surface area contributed by atoms with E-state index in [9.17, 15) is 9.18 Å². The summed E-state index contributed by atoms with van der Waals surface area (Å²) in [5.74, 6) is -0.101. The summed E-state index contributed by atoms with van der Waals surface area (Å²) in [5, 5.41) is 11.7. The molecule has 7 heteroatoms. The molecule has 2 aromatic carbocycles. The van der Waals surface area contributed by atoms with E-state index in [1.54, 1.807) is 24.3 Å². The van der Waals surface area contributed by atoms with Gasteiger partial charge in [-0.2, -0.15) is 5.26 Å². The van der Waals surface area contributed by atoms with Gasteiger partial charge >= 0.3 is 0 Å². The molecule has 0 bridgehead atoms. The Balaban J connectivity index is 1.82. The number of thioether (sulfide) groups is 1. The zero-order valence-electron chi connectivity index (χ0n) is 12.9. The van der Waals surface area contributed by atoms with Gasteiger partial charge in [-0.25, -0.2) is 9.38 Å². The van der Waals surface area contributed by atoms with Gasteiger partial charge in [0.15, 0.2) is 11.8 Å². The summed E-state index contributed by atoms with van der Waals surface area (Å²) in [7, 11) is 0. The summed E-state index contributed by atoms with van der Waals surface area (Å²) in [4.78, 5) is 16.9. The minimum atomic E-state index is -0.346. The highest BCUT2D eigenvalue weighted by Crippen LogP contribution is 2.30. The number of hydrogen-bond donors (Lipinski definition) is 1. The topological polar surface area (TPSA) is 74.5 Å². The Kier molecular flexibility index (Phi) is 5.11. The number of amides is 1. The lowest BCUT2D eigenvalue weighted by atomic mass is 10.2. The van der Waals surface area contributed by atoms with Crippen LogP contribution in [0.25, 0.3) is 6.08 Å². The number of rotatable bonds is 4. The summed E-state index contributed by atoms with van der Waals surface area (Å²) in [5.41, 5.74) is 1.24. The van der Waals surface area contributed by atoms with Crippen molar-refractivity contribution in [3.8, 4) is 11.8 Å². The molecule has 1 heterocycles. The summed E-state index contributed by atoms with van der Waals surface area (Å²) >= 11 is 1.18. The van der Waals surface area contributed by atoms with Crippen LogP contribution in [-0.2, 0) is 4.79 Å². The molecule has 0 radical (unpaired) electrons. The van der Waals surface area contributed by atoms with Gasteiger partial charge in [0.25, 0.3) is 5.91 Å². The molecule has 1 amide bonds. The van der Waals surface area contributed by atoms with Gasteiger partial charge < -0.3 is 10.1 Å². The number of para-hydroxylation sites is 1. The number of ether oxygens (including phenoxy) is 1. The van der Waals surface area contributed by atoms with E-state index in [1.807, 2.05) is 12.1 Å². The first kappa shape index (κ1) is 16.7. The first-order valence-electron chi connectivity index (χ1n) is 7.29. The first-order valence-corrected chi connectivity index (χ1v) is 8.11. The molecule has 1 fully saturated rings. The maximum atomic E-state index is 12.9. The third-order valence-corrected chi connectivity index (χ3v) is 4.12. The third-order valence-electron chi connectivity index (χ3n) is 3.21. The Labute approximate surface area is 147 Å². The molecular formula is C18H12FN3O2S. The van der Waals surface area contributed by atoms with Crippen LogP contribution in [0, 0.1) is 17.1 Å². The molecular weight excluding hydrogens is 341 g/mol. The van der Waals surface area contributed by atoms with Crippen molar-refractivity contribution in [2.75, 3.05) is 6.61 Å². The number of nitriles is 1. The van der Waals surface area contributed by atoms with Crippen molar-refractivity contribution in [2.45, 2.75) is 0 Å². The molecule has 1 aliphatic rings. The van der Waals surface area contributed by atoms with Crippen LogP contribution in [0.2, 0.25) is 0 Å². The zero-order chi connectivity index (χ0) is 17.6. The van der Waals surface area contributed by atoms with Crippen molar-refractivity contribution < 1.29 is 13.9 Å². The number of benzene rings is 2. The molecule has 0 spiro atoms. The molecule has 0 atom stereocenters. The SMILES string of the molecule is N#CCOc1ccccc1/C=C1/SC(=Nc2ccc(F)cc2)NC1=O. The average molecular weight is 353 g/mol. The van der Waals surface area contributed by atoms with Gasteiger partial charge in [0, 0.05) is 5.56 Å². The summed E-state index contributed by atoms with van der Waals surface area (Å²) in [6.45, 7) is -0.0726. The minimum absolute atomic E-state index is 0.0726. The molecule has 3 rings (SSSR count). The van der Waals surface area contributed by atoms with Crippen LogP contribution in [0.5, 0.6) is 5.75 Å². The highest BCUT2D eigenvalue weighted by Gasteiger charge is 2.24. The zero-order valence-corrected chi connectivity index (χ0v) is 13.7. The van der Waals surface area contributed by atoms with Gasteiger partial charge in [0.2, 0.25) is 0 Å². The van der Waals surface area contributed by atoms with Crippen molar-refractivity contribution in [2.24, 2.45) is 4.99 Å². The number of halogens is 1. The maximum Gasteiger partial charge on any atom is 0.264 e. The lowest BCUT2D eigenvalue weighted by molar-refractivity contribution is -0.115. The van der Waals surface area contributed by atoms with E-state index in [4.69, 9.17) is 10.00 Å². The number of nitrogens with one attached hydrogen (secondary N) is 1. The lowest BCUT2D eigenvalue weighted by Gasteiger charge is -2.05. The molecule has 1 aliphatic heterocycles. The Morgan fingerprint density at radius 1 is 1.24 bits per heavy atom. The molecule has 2 aromatic rings.